The van der Waals surface area contributed by atoms with Crippen LogP contribution in [0.4, 0.5) is 0 Å². The number of allylic oxidation sites excluding steroid dienone is 4. The molecule has 29 heavy (non-hydrogen) atoms. The summed E-state index contributed by atoms with van der Waals surface area (Å²) < 4.78 is 8.33. The van der Waals surface area contributed by atoms with Gasteiger partial charge in [-0.05, 0) is 62.0 Å². The van der Waals surface area contributed by atoms with Gasteiger partial charge in [-0.2, -0.15) is 0 Å². The van der Waals surface area contributed by atoms with E-state index in [2.05, 4.69) is 91.6 Å². The van der Waals surface area contributed by atoms with Crippen molar-refractivity contribution in [2.24, 2.45) is 7.05 Å². The second-order valence-corrected chi connectivity index (χ2v) is 8.02. The van der Waals surface area contributed by atoms with Gasteiger partial charge < -0.3 is 14.6 Å². The molecule has 1 aromatic heterocycles. The Kier molecular flexibility index (Phi) is 6.05. The molecule has 1 aliphatic carbocycles. The molecule has 0 amide bonds. The highest BCUT2D eigenvalue weighted by Gasteiger charge is 2.22. The van der Waals surface area contributed by atoms with E-state index < -0.39 is 0 Å². The number of hydrogen-bond acceptors (Lipinski definition) is 2. The summed E-state index contributed by atoms with van der Waals surface area (Å²) in [5.41, 5.74) is 6.24. The lowest BCUT2D eigenvalue weighted by atomic mass is 9.96. The van der Waals surface area contributed by atoms with E-state index in [9.17, 15) is 0 Å². The molecule has 1 N–H and O–H groups in total. The first-order chi connectivity index (χ1) is 14.2. The second kappa shape index (κ2) is 8.87. The molecule has 3 heteroatoms. The van der Waals surface area contributed by atoms with Crippen molar-refractivity contribution < 1.29 is 4.74 Å². The zero-order chi connectivity index (χ0) is 20.2. The van der Waals surface area contributed by atoms with Gasteiger partial charge in [0.25, 0.3) is 0 Å². The molecule has 1 atom stereocenters. The number of aromatic nitrogens is 1. The van der Waals surface area contributed by atoms with Crippen molar-refractivity contribution in [2.75, 3.05) is 0 Å². The number of benzene rings is 1. The Morgan fingerprint density at radius 3 is 2.76 bits per heavy atom. The smallest absolute Gasteiger partial charge is 0.147 e. The van der Waals surface area contributed by atoms with E-state index in [0.29, 0.717) is 6.10 Å². The Hall–Kier alpha value is -2.52. The summed E-state index contributed by atoms with van der Waals surface area (Å²) in [5, 5.41) is 4.70. The summed E-state index contributed by atoms with van der Waals surface area (Å²) in [4.78, 5) is 0. The predicted octanol–water partition coefficient (Wildman–Crippen LogP) is 6.42. The van der Waals surface area contributed by atoms with Crippen LogP contribution in [0.25, 0.3) is 28.6 Å². The first-order valence-corrected chi connectivity index (χ1v) is 10.9. The molecule has 4 rings (SSSR count). The van der Waals surface area contributed by atoms with Crippen molar-refractivity contribution in [3.05, 3.63) is 65.5 Å². The number of aryl methyl sites for hydroxylation is 1. The Morgan fingerprint density at radius 2 is 2.10 bits per heavy atom. The molecule has 2 heterocycles. The molecule has 0 saturated heterocycles. The van der Waals surface area contributed by atoms with Crippen molar-refractivity contribution >= 4 is 28.6 Å². The number of ether oxygens (including phenoxy) is 1. The quantitative estimate of drug-likeness (QED) is 0.592. The summed E-state index contributed by atoms with van der Waals surface area (Å²) >= 11 is 0. The maximum absolute atomic E-state index is 6.03. The average Bonchev–Trinajstić information content (AvgIpc) is 2.97. The van der Waals surface area contributed by atoms with Crippen LogP contribution in [0, 0.1) is 0 Å². The Morgan fingerprint density at radius 1 is 1.24 bits per heavy atom. The van der Waals surface area contributed by atoms with Crippen molar-refractivity contribution in [3.8, 4) is 0 Å². The van der Waals surface area contributed by atoms with Crippen LogP contribution in [0.3, 0.4) is 0 Å². The van der Waals surface area contributed by atoms with Crippen LogP contribution >= 0.6 is 0 Å². The summed E-state index contributed by atoms with van der Waals surface area (Å²) in [6.45, 7) is 4.29. The molecule has 2 aromatic rings. The lowest BCUT2D eigenvalue weighted by Gasteiger charge is -2.30. The van der Waals surface area contributed by atoms with E-state index >= 15 is 0 Å². The molecule has 0 radical (unpaired) electrons. The zero-order valence-electron chi connectivity index (χ0n) is 17.8. The zero-order valence-corrected chi connectivity index (χ0v) is 17.8. The van der Waals surface area contributed by atoms with Crippen LogP contribution in [0.2, 0.25) is 0 Å². The average molecular weight is 389 g/mol. The molecule has 2 aliphatic rings. The molecule has 1 unspecified atom stereocenters. The number of unbranched alkanes of at least 4 members (excludes halogenated alkanes) is 1. The predicted molar refractivity (Wildman–Crippen MR) is 124 cm³/mol. The van der Waals surface area contributed by atoms with E-state index in [0.717, 1.165) is 6.42 Å². The van der Waals surface area contributed by atoms with Gasteiger partial charge in [0.2, 0.25) is 0 Å². The molecule has 1 saturated carbocycles. The summed E-state index contributed by atoms with van der Waals surface area (Å²) in [5.74, 6) is 0. The molecule has 3 nitrogen and oxygen atoms in total. The highest BCUT2D eigenvalue weighted by atomic mass is 16.5. The molecular formula is C26H32N2O. The van der Waals surface area contributed by atoms with Gasteiger partial charge in [0.05, 0.1) is 6.10 Å². The SMILES string of the molecule is C/C=C\c1c(/C=C\CCC)c2ccc(C3=CNC(OC4CCC4)C=C3)cc2n1C. The molecule has 0 spiro atoms. The highest BCUT2D eigenvalue weighted by Crippen LogP contribution is 2.31. The largest absolute Gasteiger partial charge is 0.362 e. The minimum Gasteiger partial charge on any atom is -0.362 e. The van der Waals surface area contributed by atoms with E-state index in [1.165, 1.54) is 59.0 Å². The van der Waals surface area contributed by atoms with Crippen molar-refractivity contribution in [1.82, 2.24) is 9.88 Å². The van der Waals surface area contributed by atoms with Crippen molar-refractivity contribution in [2.45, 2.75) is 58.3 Å². The van der Waals surface area contributed by atoms with Gasteiger partial charge in [-0.25, -0.2) is 0 Å². The first kappa shape index (κ1) is 19.8. The van der Waals surface area contributed by atoms with Crippen molar-refractivity contribution in [3.63, 3.8) is 0 Å². The minimum absolute atomic E-state index is 0.000540. The highest BCUT2D eigenvalue weighted by molar-refractivity contribution is 5.96. The second-order valence-electron chi connectivity index (χ2n) is 8.02. The summed E-state index contributed by atoms with van der Waals surface area (Å²) in [6, 6.07) is 6.78. The Labute approximate surface area is 174 Å². The monoisotopic (exact) mass is 388 g/mol. The van der Waals surface area contributed by atoms with Crippen LogP contribution in [0.15, 0.2) is 48.7 Å². The fourth-order valence-corrected chi connectivity index (χ4v) is 4.01. The van der Waals surface area contributed by atoms with Crippen LogP contribution in [0.1, 0.15) is 62.8 Å². The molecule has 0 bridgehead atoms. The Balaban J connectivity index is 1.62. The Bertz CT molecular complexity index is 986. The minimum atomic E-state index is -0.000540. The molecule has 152 valence electrons. The van der Waals surface area contributed by atoms with E-state index in [-0.39, 0.29) is 6.23 Å². The van der Waals surface area contributed by atoms with E-state index in [1.54, 1.807) is 0 Å². The number of nitrogens with zero attached hydrogens (tertiary/aromatic N) is 1. The third-order valence-electron chi connectivity index (χ3n) is 5.93. The topological polar surface area (TPSA) is 26.2 Å². The van der Waals surface area contributed by atoms with E-state index in [4.69, 9.17) is 4.74 Å². The van der Waals surface area contributed by atoms with Crippen molar-refractivity contribution in [1.29, 1.82) is 0 Å². The van der Waals surface area contributed by atoms with Gasteiger partial charge in [-0.15, -0.1) is 0 Å². The van der Waals surface area contributed by atoms with Gasteiger partial charge in [0.15, 0.2) is 0 Å². The number of fused-ring (bicyclic) bond motifs is 1. The fourth-order valence-electron chi connectivity index (χ4n) is 4.01. The van der Waals surface area contributed by atoms with Gasteiger partial charge in [-0.1, -0.05) is 49.8 Å². The van der Waals surface area contributed by atoms with Gasteiger partial charge in [-0.3, -0.25) is 0 Å². The lowest BCUT2D eigenvalue weighted by molar-refractivity contribution is -0.0387. The summed E-state index contributed by atoms with van der Waals surface area (Å²) in [6.07, 6.45) is 21.7. The standard InChI is InChI=1S/C26H32N2O/c1-4-6-7-12-22-23-15-13-19(17-25(23)28(3)24(22)9-5-2)20-14-16-26(27-18-20)29-21-10-8-11-21/h5,7,9,12-18,21,26-27H,4,6,8,10-11H2,1-3H3/b9-5-,12-7-. The molecule has 1 fully saturated rings. The van der Waals surface area contributed by atoms with E-state index in [1.807, 2.05) is 0 Å². The number of nitrogens with one attached hydrogen (secondary N) is 1. The third-order valence-corrected chi connectivity index (χ3v) is 5.93. The fraction of sp³-hybridized carbons (Fsp3) is 0.385. The van der Waals surface area contributed by atoms with Gasteiger partial charge in [0, 0.05) is 35.4 Å². The number of hydrogen-bond donors (Lipinski definition) is 1. The maximum Gasteiger partial charge on any atom is 0.147 e. The van der Waals surface area contributed by atoms with Crippen LogP contribution in [-0.2, 0) is 11.8 Å². The normalized spacial score (nSPS) is 19.8. The van der Waals surface area contributed by atoms with Crippen LogP contribution in [0.5, 0.6) is 0 Å². The molecule has 1 aliphatic heterocycles. The third kappa shape index (κ3) is 4.11. The van der Waals surface area contributed by atoms with Crippen LogP contribution < -0.4 is 5.32 Å². The van der Waals surface area contributed by atoms with Gasteiger partial charge >= 0.3 is 0 Å². The first-order valence-electron chi connectivity index (χ1n) is 10.9. The lowest BCUT2D eigenvalue weighted by Crippen LogP contribution is -2.35. The van der Waals surface area contributed by atoms with Crippen LogP contribution in [-0.4, -0.2) is 16.9 Å². The molecular weight excluding hydrogens is 356 g/mol. The summed E-state index contributed by atoms with van der Waals surface area (Å²) in [7, 11) is 2.16. The molecule has 1 aromatic carbocycles. The number of rotatable bonds is 7. The maximum atomic E-state index is 6.03. The number of dihydropyridines is 1. The van der Waals surface area contributed by atoms with Gasteiger partial charge in [0.1, 0.15) is 6.23 Å².